The first kappa shape index (κ1) is 22.7. The van der Waals surface area contributed by atoms with E-state index >= 15 is 4.39 Å². The predicted octanol–water partition coefficient (Wildman–Crippen LogP) is 5.36. The van der Waals surface area contributed by atoms with Gasteiger partial charge in [0.2, 0.25) is 0 Å². The summed E-state index contributed by atoms with van der Waals surface area (Å²) in [6.45, 7) is 3.83. The molecule has 0 aliphatic carbocycles. The third-order valence-corrected chi connectivity index (χ3v) is 4.40. The molecule has 2 aromatic rings. The Morgan fingerprint density at radius 3 is 2.28 bits per heavy atom. The highest BCUT2D eigenvalue weighted by atomic mass is 19.4. The van der Waals surface area contributed by atoms with E-state index in [1.807, 2.05) is 0 Å². The van der Waals surface area contributed by atoms with E-state index in [1.165, 1.54) is 13.0 Å². The Bertz CT molecular complexity index is 940. The maximum absolute atomic E-state index is 15.2. The number of aryl methyl sites for hydroxylation is 1. The summed E-state index contributed by atoms with van der Waals surface area (Å²) in [6, 6.07) is 1.74. The molecular formula is C20H19F6NO2. The van der Waals surface area contributed by atoms with Crippen molar-refractivity contribution >= 4 is 5.97 Å². The monoisotopic (exact) mass is 419 g/mol. The van der Waals surface area contributed by atoms with Gasteiger partial charge >= 0.3 is 12.1 Å². The van der Waals surface area contributed by atoms with Crippen LogP contribution < -0.4 is 5.73 Å². The van der Waals surface area contributed by atoms with Crippen molar-refractivity contribution in [3.8, 4) is 11.1 Å². The van der Waals surface area contributed by atoms with Crippen molar-refractivity contribution in [3.63, 3.8) is 0 Å². The minimum atomic E-state index is -5.20. The van der Waals surface area contributed by atoms with E-state index in [1.54, 1.807) is 6.92 Å². The Morgan fingerprint density at radius 2 is 1.76 bits per heavy atom. The van der Waals surface area contributed by atoms with Gasteiger partial charge in [-0.2, -0.15) is 13.2 Å². The van der Waals surface area contributed by atoms with Gasteiger partial charge in [0.05, 0.1) is 18.6 Å². The molecule has 0 saturated carbocycles. The lowest BCUT2D eigenvalue weighted by molar-refractivity contribution is -0.143. The summed E-state index contributed by atoms with van der Waals surface area (Å²) < 4.78 is 89.6. The van der Waals surface area contributed by atoms with Crippen LogP contribution in [-0.2, 0) is 15.7 Å². The summed E-state index contributed by atoms with van der Waals surface area (Å²) in [5.74, 6) is -5.29. The molecule has 0 radical (unpaired) electrons. The molecule has 0 unspecified atom stereocenters. The van der Waals surface area contributed by atoms with Crippen molar-refractivity contribution in [2.45, 2.75) is 39.4 Å². The Balaban J connectivity index is 2.82. The molecule has 0 aliphatic heterocycles. The number of rotatable bonds is 5. The fourth-order valence-corrected chi connectivity index (χ4v) is 3.13. The van der Waals surface area contributed by atoms with Gasteiger partial charge in [-0.1, -0.05) is 12.1 Å². The largest absolute Gasteiger partial charge is 0.466 e. The van der Waals surface area contributed by atoms with Crippen molar-refractivity contribution in [2.24, 2.45) is 5.73 Å². The fourth-order valence-electron chi connectivity index (χ4n) is 3.13. The molecule has 2 rings (SSSR count). The molecule has 0 bridgehead atoms. The van der Waals surface area contributed by atoms with Gasteiger partial charge in [-0.15, -0.1) is 0 Å². The number of ether oxygens (including phenoxy) is 1. The lowest BCUT2D eigenvalue weighted by Crippen LogP contribution is -2.23. The van der Waals surface area contributed by atoms with Crippen LogP contribution in [0.2, 0.25) is 0 Å². The van der Waals surface area contributed by atoms with Crippen LogP contribution in [0.1, 0.15) is 41.6 Å². The van der Waals surface area contributed by atoms with E-state index in [0.717, 1.165) is 19.1 Å². The summed E-state index contributed by atoms with van der Waals surface area (Å²) in [4.78, 5) is 11.6. The first-order chi connectivity index (χ1) is 13.4. The normalized spacial score (nSPS) is 12.8. The summed E-state index contributed by atoms with van der Waals surface area (Å²) >= 11 is 0. The highest BCUT2D eigenvalue weighted by Crippen LogP contribution is 2.43. The quantitative estimate of drug-likeness (QED) is 0.525. The van der Waals surface area contributed by atoms with Crippen molar-refractivity contribution in [3.05, 3.63) is 57.9 Å². The Hall–Kier alpha value is -2.55. The smallest absolute Gasteiger partial charge is 0.419 e. The van der Waals surface area contributed by atoms with Crippen molar-refractivity contribution in [1.29, 1.82) is 0 Å². The van der Waals surface area contributed by atoms with E-state index in [-0.39, 0.29) is 6.61 Å². The molecule has 2 aromatic carbocycles. The molecule has 0 heterocycles. The topological polar surface area (TPSA) is 52.3 Å². The minimum Gasteiger partial charge on any atom is -0.466 e. The molecule has 0 fully saturated rings. The number of esters is 1. The standard InChI is InChI=1S/C20H19F6NO2/c1-4-29-14(28)8-13(27)16-18(22)15(11-6-5-9(2)7-12(11)21)10(3)17(19(16)23)20(24,25)26/h5-7,13H,4,8,27H2,1-3H3/t13-/m0/s1. The van der Waals surface area contributed by atoms with Crippen LogP contribution in [0.5, 0.6) is 0 Å². The molecule has 0 aromatic heterocycles. The molecule has 1 atom stereocenters. The summed E-state index contributed by atoms with van der Waals surface area (Å²) in [5.41, 5.74) is 1.16. The molecule has 158 valence electrons. The zero-order valence-electron chi connectivity index (χ0n) is 15.9. The lowest BCUT2D eigenvalue weighted by Gasteiger charge is -2.22. The summed E-state index contributed by atoms with van der Waals surface area (Å²) in [5, 5.41) is 0. The van der Waals surface area contributed by atoms with Crippen molar-refractivity contribution in [1.82, 2.24) is 0 Å². The van der Waals surface area contributed by atoms with Crippen LogP contribution >= 0.6 is 0 Å². The summed E-state index contributed by atoms with van der Waals surface area (Å²) in [6.07, 6.45) is -5.95. The first-order valence-electron chi connectivity index (χ1n) is 8.66. The maximum Gasteiger partial charge on any atom is 0.419 e. The molecule has 0 saturated heterocycles. The van der Waals surface area contributed by atoms with Gasteiger partial charge < -0.3 is 10.5 Å². The number of halogens is 6. The van der Waals surface area contributed by atoms with Crippen LogP contribution in [0.4, 0.5) is 26.3 Å². The van der Waals surface area contributed by atoms with Gasteiger partial charge in [0, 0.05) is 22.7 Å². The molecular weight excluding hydrogens is 400 g/mol. The fraction of sp³-hybridized carbons (Fsp3) is 0.350. The van der Waals surface area contributed by atoms with Crippen LogP contribution in [0.3, 0.4) is 0 Å². The van der Waals surface area contributed by atoms with Gasteiger partial charge in [-0.25, -0.2) is 13.2 Å². The predicted molar refractivity (Wildman–Crippen MR) is 94.4 cm³/mol. The second-order valence-corrected chi connectivity index (χ2v) is 6.51. The van der Waals surface area contributed by atoms with Gasteiger partial charge in [-0.05, 0) is 38.0 Å². The van der Waals surface area contributed by atoms with Crippen molar-refractivity contribution < 1.29 is 35.9 Å². The molecule has 9 heteroatoms. The van der Waals surface area contributed by atoms with Gasteiger partial charge in [0.25, 0.3) is 0 Å². The molecule has 0 aliphatic rings. The zero-order chi connectivity index (χ0) is 22.1. The zero-order valence-corrected chi connectivity index (χ0v) is 15.9. The Morgan fingerprint density at radius 1 is 1.14 bits per heavy atom. The van der Waals surface area contributed by atoms with Crippen molar-refractivity contribution in [2.75, 3.05) is 6.61 Å². The summed E-state index contributed by atoms with van der Waals surface area (Å²) in [7, 11) is 0. The Kier molecular flexibility index (Phi) is 6.62. The van der Waals surface area contributed by atoms with Crippen LogP contribution in [0, 0.1) is 31.3 Å². The van der Waals surface area contributed by atoms with Gasteiger partial charge in [0.1, 0.15) is 17.5 Å². The third-order valence-electron chi connectivity index (χ3n) is 4.40. The maximum atomic E-state index is 15.2. The first-order valence-corrected chi connectivity index (χ1v) is 8.66. The molecule has 29 heavy (non-hydrogen) atoms. The second kappa shape index (κ2) is 8.44. The molecule has 3 nitrogen and oxygen atoms in total. The number of benzene rings is 2. The van der Waals surface area contributed by atoms with Crippen LogP contribution in [0.15, 0.2) is 18.2 Å². The van der Waals surface area contributed by atoms with Crippen LogP contribution in [-0.4, -0.2) is 12.6 Å². The Labute approximate surface area is 163 Å². The second-order valence-electron chi connectivity index (χ2n) is 6.51. The van der Waals surface area contributed by atoms with Crippen LogP contribution in [0.25, 0.3) is 11.1 Å². The number of alkyl halides is 3. The van der Waals surface area contributed by atoms with E-state index in [0.29, 0.717) is 5.56 Å². The number of carbonyl (C=O) groups excluding carboxylic acids is 1. The van der Waals surface area contributed by atoms with E-state index < -0.39 is 69.9 Å². The number of carbonyl (C=O) groups is 1. The third kappa shape index (κ3) is 4.55. The average molecular weight is 419 g/mol. The van der Waals surface area contributed by atoms with Gasteiger partial charge in [0.15, 0.2) is 0 Å². The molecule has 0 amide bonds. The minimum absolute atomic E-state index is 0.0436. The van der Waals surface area contributed by atoms with E-state index in [4.69, 9.17) is 5.73 Å². The SMILES string of the molecule is CCOC(=O)C[C@H](N)c1c(F)c(-c2ccc(C)cc2F)c(C)c(C(F)(F)F)c1F. The molecule has 0 spiro atoms. The lowest BCUT2D eigenvalue weighted by atomic mass is 9.88. The number of hydrogen-bond donors (Lipinski definition) is 1. The number of hydrogen-bond acceptors (Lipinski definition) is 3. The van der Waals surface area contributed by atoms with Gasteiger partial charge in [-0.3, -0.25) is 4.79 Å². The average Bonchev–Trinajstić information content (AvgIpc) is 2.55. The number of nitrogens with two attached hydrogens (primary N) is 1. The highest BCUT2D eigenvalue weighted by molar-refractivity contribution is 5.74. The highest BCUT2D eigenvalue weighted by Gasteiger charge is 2.41. The molecule has 2 N–H and O–H groups in total. The van der Waals surface area contributed by atoms with E-state index in [9.17, 15) is 26.7 Å². The van der Waals surface area contributed by atoms with E-state index in [2.05, 4.69) is 4.74 Å².